The highest BCUT2D eigenvalue weighted by Gasteiger charge is 2.29. The number of aromatic nitrogens is 2. The van der Waals surface area contributed by atoms with Gasteiger partial charge in [0.15, 0.2) is 14.6 Å². The summed E-state index contributed by atoms with van der Waals surface area (Å²) in [6, 6.07) is 5.16. The largest absolute Gasteiger partial charge is 0.347 e. The highest BCUT2D eigenvalue weighted by atomic mass is 32.2. The minimum absolute atomic E-state index is 0.0551. The number of benzene rings is 1. The van der Waals surface area contributed by atoms with E-state index in [4.69, 9.17) is 12.2 Å². The molecule has 0 spiro atoms. The topological polar surface area (TPSA) is 84.0 Å². The summed E-state index contributed by atoms with van der Waals surface area (Å²) in [5.74, 6) is -0.794. The molecule has 23 heavy (non-hydrogen) atoms. The molecular weight excluding hydrogens is 341 g/mol. The average molecular weight is 355 g/mol. The van der Waals surface area contributed by atoms with E-state index in [1.165, 1.54) is 35.0 Å². The quantitative estimate of drug-likeness (QED) is 0.819. The summed E-state index contributed by atoms with van der Waals surface area (Å²) < 4.78 is 37.8. The van der Waals surface area contributed by atoms with E-state index < -0.39 is 27.6 Å². The first-order chi connectivity index (χ1) is 10.9. The minimum Gasteiger partial charge on any atom is -0.347 e. The molecule has 1 aromatic heterocycles. The van der Waals surface area contributed by atoms with Gasteiger partial charge in [-0.15, -0.1) is 0 Å². The number of rotatable bonds is 3. The Morgan fingerprint density at radius 3 is 2.65 bits per heavy atom. The number of H-pyrrole nitrogens is 1. The number of amides is 1. The maximum absolute atomic E-state index is 13.1. The highest BCUT2D eigenvalue weighted by molar-refractivity contribution is 7.91. The SMILES string of the molecule is O=C(N[C@H]1CCS(=O)(=O)C1)c1c[nH]c(=S)n1-c1ccc(F)cc1. The lowest BCUT2D eigenvalue weighted by atomic mass is 10.2. The van der Waals surface area contributed by atoms with Gasteiger partial charge in [-0.3, -0.25) is 9.36 Å². The normalized spacial score (nSPS) is 19.6. The van der Waals surface area contributed by atoms with Crippen LogP contribution in [-0.4, -0.2) is 41.4 Å². The van der Waals surface area contributed by atoms with Crippen LogP contribution >= 0.6 is 12.2 Å². The van der Waals surface area contributed by atoms with Crippen LogP contribution < -0.4 is 5.32 Å². The Bertz CT molecular complexity index is 900. The molecule has 1 fully saturated rings. The molecule has 1 aliphatic heterocycles. The molecule has 0 bridgehead atoms. The van der Waals surface area contributed by atoms with E-state index in [1.807, 2.05) is 0 Å². The molecule has 9 heteroatoms. The Hall–Kier alpha value is -2.00. The van der Waals surface area contributed by atoms with Crippen molar-refractivity contribution in [3.05, 3.63) is 46.7 Å². The van der Waals surface area contributed by atoms with Gasteiger partial charge in [0.25, 0.3) is 5.91 Å². The maximum atomic E-state index is 13.1. The van der Waals surface area contributed by atoms with Gasteiger partial charge in [0, 0.05) is 17.9 Å². The summed E-state index contributed by atoms with van der Waals surface area (Å²) in [4.78, 5) is 15.2. The van der Waals surface area contributed by atoms with Crippen LogP contribution in [0.5, 0.6) is 0 Å². The van der Waals surface area contributed by atoms with Crippen molar-refractivity contribution in [2.24, 2.45) is 0 Å². The molecular formula is C14H14FN3O3S2. The molecule has 1 aliphatic rings. The molecule has 1 aromatic carbocycles. The Balaban J connectivity index is 1.88. The first kappa shape index (κ1) is 15.9. The minimum atomic E-state index is -3.08. The number of nitrogens with zero attached hydrogens (tertiary/aromatic N) is 1. The van der Waals surface area contributed by atoms with Gasteiger partial charge in [-0.2, -0.15) is 0 Å². The lowest BCUT2D eigenvalue weighted by Crippen LogP contribution is -2.36. The van der Waals surface area contributed by atoms with E-state index in [0.717, 1.165) is 0 Å². The van der Waals surface area contributed by atoms with Crippen molar-refractivity contribution >= 4 is 28.0 Å². The zero-order valence-electron chi connectivity index (χ0n) is 12.0. The first-order valence-electron chi connectivity index (χ1n) is 6.93. The molecule has 6 nitrogen and oxygen atoms in total. The molecule has 2 aromatic rings. The van der Waals surface area contributed by atoms with E-state index in [9.17, 15) is 17.6 Å². The fourth-order valence-electron chi connectivity index (χ4n) is 2.55. The van der Waals surface area contributed by atoms with Crippen LogP contribution in [0.15, 0.2) is 30.5 Å². The zero-order chi connectivity index (χ0) is 16.6. The van der Waals surface area contributed by atoms with Gasteiger partial charge < -0.3 is 10.3 Å². The third-order valence-electron chi connectivity index (χ3n) is 3.66. The summed E-state index contributed by atoms with van der Waals surface area (Å²) in [6.45, 7) is 0. The van der Waals surface area contributed by atoms with Crippen molar-refractivity contribution in [1.82, 2.24) is 14.9 Å². The Kier molecular flexibility index (Phi) is 4.07. The monoisotopic (exact) mass is 355 g/mol. The van der Waals surface area contributed by atoms with Crippen LogP contribution in [0.25, 0.3) is 5.69 Å². The molecule has 122 valence electrons. The highest BCUT2D eigenvalue weighted by Crippen LogP contribution is 2.16. The molecule has 1 amide bonds. The summed E-state index contributed by atoms with van der Waals surface area (Å²) >= 11 is 5.16. The van der Waals surface area contributed by atoms with E-state index in [-0.39, 0.29) is 17.2 Å². The fraction of sp³-hybridized carbons (Fsp3) is 0.286. The van der Waals surface area contributed by atoms with Crippen LogP contribution in [0.4, 0.5) is 4.39 Å². The van der Waals surface area contributed by atoms with Crippen LogP contribution in [0.1, 0.15) is 16.9 Å². The summed E-state index contributed by atoms with van der Waals surface area (Å²) in [5, 5.41) is 2.71. The number of nitrogens with one attached hydrogen (secondary N) is 2. The fourth-order valence-corrected chi connectivity index (χ4v) is 4.49. The maximum Gasteiger partial charge on any atom is 0.270 e. The third-order valence-corrected chi connectivity index (χ3v) is 5.73. The van der Waals surface area contributed by atoms with Crippen LogP contribution in [0.2, 0.25) is 0 Å². The van der Waals surface area contributed by atoms with E-state index in [0.29, 0.717) is 16.9 Å². The standard InChI is InChI=1S/C14H14FN3O3S2/c15-9-1-3-11(4-2-9)18-12(7-16-14(18)22)13(19)17-10-5-6-23(20,21)8-10/h1-4,7,10H,5-6,8H2,(H,16,22)(H,17,19)/t10-/m0/s1. The second-order valence-corrected chi connectivity index (χ2v) is 7.98. The van der Waals surface area contributed by atoms with E-state index in [2.05, 4.69) is 10.3 Å². The van der Waals surface area contributed by atoms with Crippen molar-refractivity contribution in [3.63, 3.8) is 0 Å². The third kappa shape index (κ3) is 3.35. The number of hydrogen-bond donors (Lipinski definition) is 2. The lowest BCUT2D eigenvalue weighted by Gasteiger charge is -2.12. The van der Waals surface area contributed by atoms with Gasteiger partial charge in [-0.05, 0) is 42.9 Å². The van der Waals surface area contributed by atoms with Crippen LogP contribution in [0, 0.1) is 10.6 Å². The molecule has 2 heterocycles. The molecule has 0 saturated carbocycles. The number of hydrogen-bond acceptors (Lipinski definition) is 4. The predicted molar refractivity (Wildman–Crippen MR) is 85.4 cm³/mol. The van der Waals surface area contributed by atoms with Gasteiger partial charge in [0.05, 0.1) is 11.5 Å². The molecule has 3 rings (SSSR count). The van der Waals surface area contributed by atoms with Crippen molar-refractivity contribution in [2.75, 3.05) is 11.5 Å². The number of sulfone groups is 1. The average Bonchev–Trinajstić information content (AvgIpc) is 3.02. The van der Waals surface area contributed by atoms with Crippen molar-refractivity contribution in [2.45, 2.75) is 12.5 Å². The van der Waals surface area contributed by atoms with Gasteiger partial charge in [0.1, 0.15) is 11.5 Å². The van der Waals surface area contributed by atoms with E-state index >= 15 is 0 Å². The Labute approximate surface area is 137 Å². The molecule has 2 N–H and O–H groups in total. The number of imidazole rings is 1. The molecule has 1 atom stereocenters. The first-order valence-corrected chi connectivity index (χ1v) is 9.16. The number of aromatic amines is 1. The molecule has 1 saturated heterocycles. The van der Waals surface area contributed by atoms with Crippen LogP contribution in [-0.2, 0) is 9.84 Å². The summed E-state index contributed by atoms with van der Waals surface area (Å²) in [7, 11) is -3.08. The smallest absolute Gasteiger partial charge is 0.270 e. The van der Waals surface area contributed by atoms with Gasteiger partial charge in [-0.1, -0.05) is 0 Å². The predicted octanol–water partition coefficient (Wildman–Crippen LogP) is 1.59. The van der Waals surface area contributed by atoms with E-state index in [1.54, 1.807) is 0 Å². The van der Waals surface area contributed by atoms with Crippen molar-refractivity contribution in [3.8, 4) is 5.69 Å². The summed E-state index contributed by atoms with van der Waals surface area (Å²) in [5.41, 5.74) is 0.785. The van der Waals surface area contributed by atoms with Gasteiger partial charge in [0.2, 0.25) is 0 Å². The Morgan fingerprint density at radius 1 is 1.35 bits per heavy atom. The van der Waals surface area contributed by atoms with Crippen LogP contribution in [0.3, 0.4) is 0 Å². The zero-order valence-corrected chi connectivity index (χ0v) is 13.6. The second-order valence-electron chi connectivity index (χ2n) is 5.36. The lowest BCUT2D eigenvalue weighted by molar-refractivity contribution is 0.0934. The molecule has 0 radical (unpaired) electrons. The Morgan fingerprint density at radius 2 is 2.04 bits per heavy atom. The summed E-state index contributed by atoms with van der Waals surface area (Å²) in [6.07, 6.45) is 1.85. The van der Waals surface area contributed by atoms with Crippen molar-refractivity contribution < 1.29 is 17.6 Å². The second kappa shape index (κ2) is 5.89. The number of carbonyl (C=O) groups is 1. The molecule has 0 aliphatic carbocycles. The molecule has 0 unspecified atom stereocenters. The van der Waals surface area contributed by atoms with Gasteiger partial charge in [-0.25, -0.2) is 12.8 Å². The van der Waals surface area contributed by atoms with Crippen molar-refractivity contribution in [1.29, 1.82) is 0 Å². The van der Waals surface area contributed by atoms with Gasteiger partial charge >= 0.3 is 0 Å². The number of carbonyl (C=O) groups excluding carboxylic acids is 1. The number of halogens is 1.